The lowest BCUT2D eigenvalue weighted by atomic mass is 10.1. The predicted octanol–water partition coefficient (Wildman–Crippen LogP) is 4.08. The summed E-state index contributed by atoms with van der Waals surface area (Å²) >= 11 is 0. The molecule has 1 N–H and O–H groups in total. The average Bonchev–Trinajstić information content (AvgIpc) is 3.45. The van der Waals surface area contributed by atoms with Crippen molar-refractivity contribution >= 4 is 34.0 Å². The van der Waals surface area contributed by atoms with E-state index in [4.69, 9.17) is 4.74 Å². The number of carbonyl (C=O) groups excluding carboxylic acids is 2. The van der Waals surface area contributed by atoms with Crippen molar-refractivity contribution in [3.63, 3.8) is 0 Å². The first-order chi connectivity index (χ1) is 17.5. The minimum Gasteiger partial charge on any atom is -0.465 e. The van der Waals surface area contributed by atoms with Crippen molar-refractivity contribution in [3.05, 3.63) is 100.0 Å². The molecule has 2 heterocycles. The number of esters is 1. The number of carbonyl (C=O) groups is 2. The first-order valence-corrected chi connectivity index (χ1v) is 11.9. The van der Waals surface area contributed by atoms with Gasteiger partial charge in [0.2, 0.25) is 0 Å². The van der Waals surface area contributed by atoms with Gasteiger partial charge in [0.15, 0.2) is 5.69 Å². The molecule has 0 spiro atoms. The molecule has 1 aliphatic rings. The van der Waals surface area contributed by atoms with Gasteiger partial charge in [0.25, 0.3) is 11.5 Å². The molecule has 0 unspecified atom stereocenters. The number of benzene rings is 3. The number of ether oxygens (including phenoxy) is 1. The van der Waals surface area contributed by atoms with Gasteiger partial charge in [-0.3, -0.25) is 9.59 Å². The highest BCUT2D eigenvalue weighted by Gasteiger charge is 2.22. The molecule has 1 amide bonds. The summed E-state index contributed by atoms with van der Waals surface area (Å²) in [6.07, 6.45) is 2.12. The first kappa shape index (κ1) is 23.3. The first-order valence-electron chi connectivity index (χ1n) is 11.9. The van der Waals surface area contributed by atoms with Crippen LogP contribution in [0.25, 0.3) is 10.8 Å². The van der Waals surface area contributed by atoms with E-state index in [-0.39, 0.29) is 17.8 Å². The van der Waals surface area contributed by atoms with Crippen molar-refractivity contribution in [2.24, 2.45) is 0 Å². The highest BCUT2D eigenvalue weighted by atomic mass is 16.5. The van der Waals surface area contributed by atoms with E-state index in [0.29, 0.717) is 22.0 Å². The summed E-state index contributed by atoms with van der Waals surface area (Å²) in [5.41, 5.74) is 2.43. The molecule has 0 saturated carbocycles. The van der Waals surface area contributed by atoms with Gasteiger partial charge in [0, 0.05) is 18.5 Å². The molecule has 1 saturated heterocycles. The van der Waals surface area contributed by atoms with Crippen LogP contribution in [0.3, 0.4) is 0 Å². The van der Waals surface area contributed by atoms with Gasteiger partial charge in [-0.25, -0.2) is 9.48 Å². The summed E-state index contributed by atoms with van der Waals surface area (Å²) in [6, 6.07) is 21.6. The van der Waals surface area contributed by atoms with Gasteiger partial charge in [0.05, 0.1) is 36.0 Å². The third-order valence-corrected chi connectivity index (χ3v) is 6.37. The molecule has 1 fully saturated rings. The largest absolute Gasteiger partial charge is 0.465 e. The van der Waals surface area contributed by atoms with Gasteiger partial charge >= 0.3 is 5.97 Å². The molecule has 36 heavy (non-hydrogen) atoms. The third kappa shape index (κ3) is 4.57. The van der Waals surface area contributed by atoms with E-state index in [2.05, 4.69) is 15.3 Å². The monoisotopic (exact) mass is 482 g/mol. The quantitative estimate of drug-likeness (QED) is 0.416. The van der Waals surface area contributed by atoms with Gasteiger partial charge < -0.3 is 15.0 Å². The van der Waals surface area contributed by atoms with E-state index < -0.39 is 11.9 Å². The normalized spacial score (nSPS) is 13.1. The van der Waals surface area contributed by atoms with Crippen molar-refractivity contribution in [1.82, 2.24) is 9.78 Å². The van der Waals surface area contributed by atoms with Crippen LogP contribution in [-0.4, -0.2) is 41.9 Å². The van der Waals surface area contributed by atoms with E-state index in [0.717, 1.165) is 37.2 Å². The summed E-state index contributed by atoms with van der Waals surface area (Å²) < 4.78 is 6.19. The molecule has 0 radical (unpaired) electrons. The number of nitrogens with zero attached hydrogens (tertiary/aromatic N) is 3. The number of amides is 1. The summed E-state index contributed by atoms with van der Waals surface area (Å²) in [5.74, 6) is -0.950. The highest BCUT2D eigenvalue weighted by molar-refractivity contribution is 6.12. The Hall–Kier alpha value is -4.46. The minimum absolute atomic E-state index is 0.136. The third-order valence-electron chi connectivity index (χ3n) is 6.37. The van der Waals surface area contributed by atoms with Gasteiger partial charge in [-0.1, -0.05) is 48.5 Å². The van der Waals surface area contributed by atoms with Gasteiger partial charge in [-0.05, 0) is 42.7 Å². The van der Waals surface area contributed by atoms with Crippen molar-refractivity contribution in [1.29, 1.82) is 0 Å². The van der Waals surface area contributed by atoms with Crippen LogP contribution in [0.2, 0.25) is 0 Å². The number of nitrogens with one attached hydrogen (secondary N) is 1. The summed E-state index contributed by atoms with van der Waals surface area (Å²) in [5, 5.41) is 8.32. The van der Waals surface area contributed by atoms with Gasteiger partial charge in [-0.15, -0.1) is 0 Å². The van der Waals surface area contributed by atoms with Crippen LogP contribution in [0, 0.1) is 0 Å². The average molecular weight is 483 g/mol. The second-order valence-corrected chi connectivity index (χ2v) is 8.71. The molecule has 5 rings (SSSR count). The molecule has 8 heteroatoms. The topological polar surface area (TPSA) is 93.5 Å². The standard InChI is InChI=1S/C28H26N4O4/c1-36-28(35)20-13-14-24(31-15-7-8-16-31)23(17-20)29-26(33)25-21-11-5-6-12-22(21)27(34)32(30-25)18-19-9-3-2-4-10-19/h2-6,9-14,17H,7-8,15-16,18H2,1H3,(H,29,33). The Morgan fingerprint density at radius 3 is 2.36 bits per heavy atom. The maximum atomic E-state index is 13.6. The number of hydrogen-bond acceptors (Lipinski definition) is 6. The zero-order valence-corrected chi connectivity index (χ0v) is 19.9. The Bertz CT molecular complexity index is 1490. The fourth-order valence-electron chi connectivity index (χ4n) is 4.56. The molecule has 1 aromatic heterocycles. The van der Waals surface area contributed by atoms with E-state index in [9.17, 15) is 14.4 Å². The van der Waals surface area contributed by atoms with Crippen LogP contribution in [0.1, 0.15) is 39.3 Å². The van der Waals surface area contributed by atoms with E-state index in [1.54, 1.807) is 36.4 Å². The Kier molecular flexibility index (Phi) is 6.49. The van der Waals surface area contributed by atoms with Crippen molar-refractivity contribution in [2.45, 2.75) is 19.4 Å². The fourth-order valence-corrected chi connectivity index (χ4v) is 4.56. The number of hydrogen-bond donors (Lipinski definition) is 1. The Morgan fingerprint density at radius 2 is 1.64 bits per heavy atom. The number of methoxy groups -OCH3 is 1. The molecule has 0 atom stereocenters. The molecule has 0 bridgehead atoms. The van der Waals surface area contributed by atoms with E-state index >= 15 is 0 Å². The zero-order chi connectivity index (χ0) is 25.1. The van der Waals surface area contributed by atoms with Gasteiger partial charge in [-0.2, -0.15) is 5.10 Å². The van der Waals surface area contributed by atoms with Crippen molar-refractivity contribution < 1.29 is 14.3 Å². The van der Waals surface area contributed by atoms with Gasteiger partial charge in [0.1, 0.15) is 0 Å². The number of rotatable bonds is 6. The van der Waals surface area contributed by atoms with E-state index in [1.165, 1.54) is 11.8 Å². The molecule has 0 aliphatic carbocycles. The lowest BCUT2D eigenvalue weighted by molar-refractivity contribution is 0.0600. The van der Waals surface area contributed by atoms with Crippen LogP contribution >= 0.6 is 0 Å². The van der Waals surface area contributed by atoms with E-state index in [1.807, 2.05) is 36.4 Å². The number of fused-ring (bicyclic) bond motifs is 1. The molecule has 182 valence electrons. The Labute approximate surface area is 208 Å². The fraction of sp³-hybridized carbons (Fsp3) is 0.214. The van der Waals surface area contributed by atoms with Crippen LogP contribution in [0.5, 0.6) is 0 Å². The predicted molar refractivity (Wildman–Crippen MR) is 139 cm³/mol. The lowest BCUT2D eigenvalue weighted by Crippen LogP contribution is -2.28. The maximum Gasteiger partial charge on any atom is 0.337 e. The second kappa shape index (κ2) is 10.0. The SMILES string of the molecule is COC(=O)c1ccc(N2CCCC2)c(NC(=O)c2nn(Cc3ccccc3)c(=O)c3ccccc23)c1. The minimum atomic E-state index is -0.488. The van der Waals surface area contributed by atoms with Crippen LogP contribution in [-0.2, 0) is 11.3 Å². The Balaban J connectivity index is 1.57. The smallest absolute Gasteiger partial charge is 0.337 e. The lowest BCUT2D eigenvalue weighted by Gasteiger charge is -2.22. The summed E-state index contributed by atoms with van der Waals surface area (Å²) in [4.78, 5) is 41.2. The highest BCUT2D eigenvalue weighted by Crippen LogP contribution is 2.31. The number of aromatic nitrogens is 2. The molecule has 8 nitrogen and oxygen atoms in total. The van der Waals surface area contributed by atoms with Crippen LogP contribution in [0.4, 0.5) is 11.4 Å². The number of anilines is 2. The maximum absolute atomic E-state index is 13.6. The molecule has 4 aromatic rings. The summed E-state index contributed by atoms with van der Waals surface area (Å²) in [7, 11) is 1.32. The molecular formula is C28H26N4O4. The zero-order valence-electron chi connectivity index (χ0n) is 19.9. The molecule has 1 aliphatic heterocycles. The van der Waals surface area contributed by atoms with Crippen LogP contribution < -0.4 is 15.8 Å². The Morgan fingerprint density at radius 1 is 0.944 bits per heavy atom. The van der Waals surface area contributed by atoms with Crippen molar-refractivity contribution in [2.75, 3.05) is 30.4 Å². The molecule has 3 aromatic carbocycles. The van der Waals surface area contributed by atoms with Crippen molar-refractivity contribution in [3.8, 4) is 0 Å². The van der Waals surface area contributed by atoms with Crippen LogP contribution in [0.15, 0.2) is 77.6 Å². The summed E-state index contributed by atoms with van der Waals surface area (Å²) in [6.45, 7) is 1.97. The second-order valence-electron chi connectivity index (χ2n) is 8.71. The molecular weight excluding hydrogens is 456 g/mol.